The standard InChI is InChI=1S/C17H16N4/c1-12-16(11-20-10-8-18-13(20)2)21-9-7-14-5-3-4-6-15(14)17(21)19-12/h3-10H,11H2,1-2H3. The number of aromatic nitrogens is 4. The number of rotatable bonds is 2. The van der Waals surface area contributed by atoms with Crippen LogP contribution >= 0.6 is 0 Å². The van der Waals surface area contributed by atoms with Crippen LogP contribution in [0.4, 0.5) is 0 Å². The van der Waals surface area contributed by atoms with Crippen LogP contribution in [0.2, 0.25) is 0 Å². The Kier molecular flexibility index (Phi) is 2.57. The number of aryl methyl sites for hydroxylation is 2. The highest BCUT2D eigenvalue weighted by Gasteiger charge is 2.12. The fraction of sp³-hybridized carbons (Fsp3) is 0.176. The molecule has 1 aromatic carbocycles. The molecule has 0 aliphatic heterocycles. The Hall–Kier alpha value is -2.62. The average Bonchev–Trinajstić information content (AvgIpc) is 3.04. The van der Waals surface area contributed by atoms with E-state index < -0.39 is 0 Å². The van der Waals surface area contributed by atoms with Crippen molar-refractivity contribution in [3.05, 3.63) is 66.1 Å². The van der Waals surface area contributed by atoms with E-state index in [2.05, 4.69) is 57.4 Å². The van der Waals surface area contributed by atoms with E-state index in [0.29, 0.717) is 0 Å². The van der Waals surface area contributed by atoms with Crippen LogP contribution in [0, 0.1) is 13.8 Å². The maximum Gasteiger partial charge on any atom is 0.145 e. The van der Waals surface area contributed by atoms with Crippen LogP contribution in [0.15, 0.2) is 48.9 Å². The highest BCUT2D eigenvalue weighted by Crippen LogP contribution is 2.22. The van der Waals surface area contributed by atoms with Crippen LogP contribution in [-0.2, 0) is 6.54 Å². The van der Waals surface area contributed by atoms with E-state index in [1.54, 1.807) is 0 Å². The maximum absolute atomic E-state index is 4.78. The Morgan fingerprint density at radius 2 is 1.90 bits per heavy atom. The molecule has 0 amide bonds. The summed E-state index contributed by atoms with van der Waals surface area (Å²) in [6, 6.07) is 10.5. The van der Waals surface area contributed by atoms with Crippen molar-refractivity contribution < 1.29 is 0 Å². The predicted octanol–water partition coefficient (Wildman–Crippen LogP) is 3.35. The van der Waals surface area contributed by atoms with Crippen LogP contribution in [0.25, 0.3) is 16.4 Å². The van der Waals surface area contributed by atoms with Crippen molar-refractivity contribution in [1.82, 2.24) is 18.9 Å². The molecule has 4 rings (SSSR count). The van der Waals surface area contributed by atoms with Gasteiger partial charge in [-0.15, -0.1) is 0 Å². The summed E-state index contributed by atoms with van der Waals surface area (Å²) in [6.07, 6.45) is 5.96. The Labute approximate surface area is 122 Å². The molecule has 0 unspecified atom stereocenters. The summed E-state index contributed by atoms with van der Waals surface area (Å²) in [4.78, 5) is 9.07. The molecule has 4 heteroatoms. The lowest BCUT2D eigenvalue weighted by Gasteiger charge is -2.07. The van der Waals surface area contributed by atoms with Gasteiger partial charge in [-0.1, -0.05) is 24.3 Å². The van der Waals surface area contributed by atoms with Crippen molar-refractivity contribution in [1.29, 1.82) is 0 Å². The first kappa shape index (κ1) is 12.1. The smallest absolute Gasteiger partial charge is 0.145 e. The number of hydrogen-bond donors (Lipinski definition) is 0. The van der Waals surface area contributed by atoms with E-state index in [4.69, 9.17) is 4.98 Å². The Balaban J connectivity index is 1.95. The molecule has 0 saturated heterocycles. The van der Waals surface area contributed by atoms with E-state index in [1.165, 1.54) is 16.5 Å². The van der Waals surface area contributed by atoms with E-state index in [-0.39, 0.29) is 0 Å². The van der Waals surface area contributed by atoms with Crippen molar-refractivity contribution in [2.45, 2.75) is 20.4 Å². The predicted molar refractivity (Wildman–Crippen MR) is 83.5 cm³/mol. The number of nitrogens with zero attached hydrogens (tertiary/aromatic N) is 4. The van der Waals surface area contributed by atoms with Crippen molar-refractivity contribution in [3.63, 3.8) is 0 Å². The highest BCUT2D eigenvalue weighted by atomic mass is 15.1. The summed E-state index contributed by atoms with van der Waals surface area (Å²) >= 11 is 0. The summed E-state index contributed by atoms with van der Waals surface area (Å²) in [7, 11) is 0. The molecular weight excluding hydrogens is 260 g/mol. The van der Waals surface area contributed by atoms with E-state index in [1.807, 2.05) is 19.3 Å². The molecule has 0 N–H and O–H groups in total. The van der Waals surface area contributed by atoms with Gasteiger partial charge in [0.25, 0.3) is 0 Å². The molecule has 0 saturated carbocycles. The first-order valence-electron chi connectivity index (χ1n) is 7.07. The quantitative estimate of drug-likeness (QED) is 0.563. The molecule has 0 radical (unpaired) electrons. The van der Waals surface area contributed by atoms with Gasteiger partial charge in [-0.05, 0) is 25.3 Å². The molecular formula is C17H16N4. The molecule has 4 nitrogen and oxygen atoms in total. The number of pyridine rings is 1. The molecule has 0 bridgehead atoms. The highest BCUT2D eigenvalue weighted by molar-refractivity contribution is 5.94. The lowest BCUT2D eigenvalue weighted by Crippen LogP contribution is -2.05. The molecule has 0 atom stereocenters. The van der Waals surface area contributed by atoms with Crippen LogP contribution < -0.4 is 0 Å². The molecule has 4 aromatic rings. The first-order valence-corrected chi connectivity index (χ1v) is 7.07. The summed E-state index contributed by atoms with van der Waals surface area (Å²) in [6.45, 7) is 4.88. The minimum Gasteiger partial charge on any atom is -0.329 e. The van der Waals surface area contributed by atoms with Gasteiger partial charge in [0.1, 0.15) is 11.5 Å². The van der Waals surface area contributed by atoms with E-state index in [0.717, 1.165) is 23.7 Å². The monoisotopic (exact) mass is 276 g/mol. The van der Waals surface area contributed by atoms with Gasteiger partial charge in [0.15, 0.2) is 0 Å². The fourth-order valence-corrected chi connectivity index (χ4v) is 2.85. The van der Waals surface area contributed by atoms with Crippen molar-refractivity contribution in [2.75, 3.05) is 0 Å². The molecule has 3 heterocycles. The second kappa shape index (κ2) is 4.45. The summed E-state index contributed by atoms with van der Waals surface area (Å²) < 4.78 is 4.34. The van der Waals surface area contributed by atoms with Gasteiger partial charge in [-0.25, -0.2) is 9.97 Å². The lowest BCUT2D eigenvalue weighted by atomic mass is 10.2. The van der Waals surface area contributed by atoms with Gasteiger partial charge in [0.2, 0.25) is 0 Å². The zero-order valence-corrected chi connectivity index (χ0v) is 12.1. The lowest BCUT2D eigenvalue weighted by molar-refractivity contribution is 0.731. The SMILES string of the molecule is Cc1nc2c3ccccc3ccn2c1Cn1ccnc1C. The molecule has 3 aromatic heterocycles. The summed E-state index contributed by atoms with van der Waals surface area (Å²) in [5.74, 6) is 1.02. The molecule has 21 heavy (non-hydrogen) atoms. The first-order chi connectivity index (χ1) is 10.2. The second-order valence-electron chi connectivity index (χ2n) is 5.34. The number of hydrogen-bond acceptors (Lipinski definition) is 2. The van der Waals surface area contributed by atoms with Crippen molar-refractivity contribution in [2.24, 2.45) is 0 Å². The Morgan fingerprint density at radius 3 is 2.71 bits per heavy atom. The van der Waals surface area contributed by atoms with Crippen LogP contribution in [0.3, 0.4) is 0 Å². The third-order valence-corrected chi connectivity index (χ3v) is 4.06. The average molecular weight is 276 g/mol. The van der Waals surface area contributed by atoms with Gasteiger partial charge in [0.05, 0.1) is 17.9 Å². The molecule has 0 fully saturated rings. The maximum atomic E-state index is 4.78. The normalized spacial score (nSPS) is 11.5. The summed E-state index contributed by atoms with van der Waals surface area (Å²) in [5.41, 5.74) is 3.30. The Bertz CT molecular complexity index is 946. The van der Waals surface area contributed by atoms with Gasteiger partial charge in [-0.2, -0.15) is 0 Å². The van der Waals surface area contributed by atoms with Crippen molar-refractivity contribution in [3.8, 4) is 0 Å². The minimum atomic E-state index is 0.789. The minimum absolute atomic E-state index is 0.789. The molecule has 0 aliphatic rings. The van der Waals surface area contributed by atoms with Crippen LogP contribution in [0.5, 0.6) is 0 Å². The van der Waals surface area contributed by atoms with Gasteiger partial charge >= 0.3 is 0 Å². The van der Waals surface area contributed by atoms with E-state index >= 15 is 0 Å². The van der Waals surface area contributed by atoms with Crippen LogP contribution in [0.1, 0.15) is 17.2 Å². The topological polar surface area (TPSA) is 35.1 Å². The number of benzene rings is 1. The zero-order valence-electron chi connectivity index (χ0n) is 12.1. The third-order valence-electron chi connectivity index (χ3n) is 4.06. The fourth-order valence-electron chi connectivity index (χ4n) is 2.85. The van der Waals surface area contributed by atoms with Crippen molar-refractivity contribution >= 4 is 16.4 Å². The number of imidazole rings is 2. The van der Waals surface area contributed by atoms with E-state index in [9.17, 15) is 0 Å². The number of fused-ring (bicyclic) bond motifs is 3. The molecule has 104 valence electrons. The van der Waals surface area contributed by atoms with Crippen LogP contribution in [-0.4, -0.2) is 18.9 Å². The molecule has 0 spiro atoms. The van der Waals surface area contributed by atoms with Gasteiger partial charge < -0.3 is 8.97 Å². The largest absolute Gasteiger partial charge is 0.329 e. The second-order valence-corrected chi connectivity index (χ2v) is 5.34. The summed E-state index contributed by atoms with van der Waals surface area (Å²) in [5, 5.41) is 2.41. The third kappa shape index (κ3) is 1.83. The zero-order chi connectivity index (χ0) is 14.4. The van der Waals surface area contributed by atoms with Gasteiger partial charge in [-0.3, -0.25) is 0 Å². The van der Waals surface area contributed by atoms with Gasteiger partial charge in [0, 0.05) is 24.0 Å². The Morgan fingerprint density at radius 1 is 1.05 bits per heavy atom. The molecule has 0 aliphatic carbocycles.